The van der Waals surface area contributed by atoms with Crippen LogP contribution < -0.4 is 0 Å². The molecule has 1 amide bonds. The number of carbonyl (C=O) groups is 2. The minimum Gasteiger partial charge on any atom is -0.480 e. The smallest absolute Gasteiger partial charge is 0.319 e. The average Bonchev–Trinajstić information content (AvgIpc) is 2.30. The summed E-state index contributed by atoms with van der Waals surface area (Å²) in [5.41, 5.74) is 0. The third kappa shape index (κ3) is 5.62. The first-order valence-corrected chi connectivity index (χ1v) is 7.73. The second-order valence-corrected chi connectivity index (χ2v) is 5.68. The maximum Gasteiger partial charge on any atom is 0.319 e. The zero-order chi connectivity index (χ0) is 14.1. The predicted molar refractivity (Wildman–Crippen MR) is 71.9 cm³/mol. The summed E-state index contributed by atoms with van der Waals surface area (Å²) < 4.78 is 11.9. The van der Waals surface area contributed by atoms with Gasteiger partial charge in [-0.3, -0.25) is 13.8 Å². The molecule has 0 saturated carbocycles. The lowest BCUT2D eigenvalue weighted by Gasteiger charge is -2.19. The van der Waals surface area contributed by atoms with Crippen molar-refractivity contribution in [3.8, 4) is 0 Å². The zero-order valence-electron chi connectivity index (χ0n) is 11.3. The van der Waals surface area contributed by atoms with Crippen molar-refractivity contribution in [3.05, 3.63) is 0 Å². The van der Waals surface area contributed by atoms with Crippen molar-refractivity contribution in [2.75, 3.05) is 18.8 Å². The molecule has 6 heteroatoms. The number of carboxylic acids is 1. The van der Waals surface area contributed by atoms with Crippen LogP contribution in [-0.4, -0.2) is 50.2 Å². The van der Waals surface area contributed by atoms with Gasteiger partial charge < -0.3 is 10.0 Å². The van der Waals surface area contributed by atoms with Gasteiger partial charge in [-0.2, -0.15) is 0 Å². The Kier molecular flexibility index (Phi) is 8.62. The van der Waals surface area contributed by atoms with Gasteiger partial charge in [-0.25, -0.2) is 0 Å². The van der Waals surface area contributed by atoms with Crippen LogP contribution >= 0.6 is 0 Å². The number of carboxylic acid groups (broad SMARTS) is 1. The quantitative estimate of drug-likeness (QED) is 0.688. The molecule has 0 rings (SSSR count). The summed E-state index contributed by atoms with van der Waals surface area (Å²) in [5.74, 6) is -1.50. The summed E-state index contributed by atoms with van der Waals surface area (Å²) in [6.45, 7) is 6.74. The highest BCUT2D eigenvalue weighted by Crippen LogP contribution is 2.09. The van der Waals surface area contributed by atoms with E-state index in [1.807, 2.05) is 20.8 Å². The first-order valence-electron chi connectivity index (χ1n) is 6.35. The first kappa shape index (κ1) is 17.1. The van der Waals surface area contributed by atoms with E-state index in [0.717, 1.165) is 6.42 Å². The molecule has 0 aromatic rings. The van der Waals surface area contributed by atoms with Crippen molar-refractivity contribution in [1.29, 1.82) is 0 Å². The highest BCUT2D eigenvalue weighted by Gasteiger charge is 2.26. The van der Waals surface area contributed by atoms with Gasteiger partial charge >= 0.3 is 5.97 Å². The van der Waals surface area contributed by atoms with Crippen LogP contribution in [0.5, 0.6) is 0 Å². The lowest BCUT2D eigenvalue weighted by atomic mass is 10.2. The Hall–Kier alpha value is -0.910. The van der Waals surface area contributed by atoms with Gasteiger partial charge in [0.15, 0.2) is 0 Å². The Labute approximate surface area is 111 Å². The van der Waals surface area contributed by atoms with Gasteiger partial charge in [0.05, 0.1) is 0 Å². The van der Waals surface area contributed by atoms with Crippen LogP contribution in [0, 0.1) is 0 Å². The maximum absolute atomic E-state index is 11.9. The van der Waals surface area contributed by atoms with Gasteiger partial charge in [0, 0.05) is 23.9 Å². The number of hydrogen-bond donors (Lipinski definition) is 1. The van der Waals surface area contributed by atoms with Gasteiger partial charge in [-0.15, -0.1) is 0 Å². The molecule has 0 aliphatic heterocycles. The summed E-state index contributed by atoms with van der Waals surface area (Å²) in [6.07, 6.45) is 1.93. The molecule has 0 heterocycles. The molecule has 0 aliphatic rings. The molecule has 1 N–H and O–H groups in total. The molecule has 0 aromatic carbocycles. The van der Waals surface area contributed by atoms with Crippen molar-refractivity contribution in [2.24, 2.45) is 0 Å². The van der Waals surface area contributed by atoms with E-state index >= 15 is 0 Å². The van der Waals surface area contributed by atoms with E-state index in [2.05, 4.69) is 0 Å². The Balaban J connectivity index is 4.50. The molecule has 0 saturated heterocycles. The van der Waals surface area contributed by atoms with Crippen LogP contribution in [0.3, 0.4) is 0 Å². The summed E-state index contributed by atoms with van der Waals surface area (Å²) in [6, 6.07) is 0. The van der Waals surface area contributed by atoms with E-state index in [1.165, 1.54) is 0 Å². The first-order chi connectivity index (χ1) is 8.47. The topological polar surface area (TPSA) is 74.7 Å². The van der Waals surface area contributed by atoms with Crippen LogP contribution in [0.15, 0.2) is 0 Å². The van der Waals surface area contributed by atoms with Gasteiger partial charge in [0.2, 0.25) is 5.91 Å². The molecule has 2 unspecified atom stereocenters. The SMILES string of the molecule is CCCCC(C(=O)O)S(=O)CC(=O)N(CC)CC. The largest absolute Gasteiger partial charge is 0.480 e. The van der Waals surface area contributed by atoms with E-state index < -0.39 is 22.0 Å². The highest BCUT2D eigenvalue weighted by atomic mass is 32.2. The molecule has 2 atom stereocenters. The predicted octanol–water partition coefficient (Wildman–Crippen LogP) is 1.25. The fraction of sp³-hybridized carbons (Fsp3) is 0.833. The van der Waals surface area contributed by atoms with E-state index in [1.54, 1.807) is 4.90 Å². The van der Waals surface area contributed by atoms with Crippen LogP contribution in [0.4, 0.5) is 0 Å². The van der Waals surface area contributed by atoms with Gasteiger partial charge in [0.1, 0.15) is 11.0 Å². The summed E-state index contributed by atoms with van der Waals surface area (Å²) >= 11 is 0. The van der Waals surface area contributed by atoms with Crippen LogP contribution in [0.1, 0.15) is 40.0 Å². The van der Waals surface area contributed by atoms with Gasteiger partial charge in [-0.05, 0) is 20.3 Å². The Morgan fingerprint density at radius 3 is 2.17 bits per heavy atom. The summed E-state index contributed by atoms with van der Waals surface area (Å²) in [4.78, 5) is 24.3. The highest BCUT2D eigenvalue weighted by molar-refractivity contribution is 7.87. The molecule has 0 fully saturated rings. The number of rotatable bonds is 9. The van der Waals surface area contributed by atoms with Crippen LogP contribution in [0.25, 0.3) is 0 Å². The lowest BCUT2D eigenvalue weighted by Crippen LogP contribution is -2.37. The normalized spacial score (nSPS) is 13.9. The number of amides is 1. The average molecular weight is 277 g/mol. The number of hydrogen-bond acceptors (Lipinski definition) is 3. The summed E-state index contributed by atoms with van der Waals surface area (Å²) in [5, 5.41) is 8.09. The van der Waals surface area contributed by atoms with Crippen molar-refractivity contribution in [3.63, 3.8) is 0 Å². The second-order valence-electron chi connectivity index (χ2n) is 4.06. The van der Waals surface area contributed by atoms with E-state index in [0.29, 0.717) is 25.9 Å². The molecular formula is C12H23NO4S. The number of unbranched alkanes of at least 4 members (excludes halogenated alkanes) is 1. The standard InChI is InChI=1S/C12H23NO4S/c1-4-7-8-10(12(15)16)18(17)9-11(14)13(5-2)6-3/h10H,4-9H2,1-3H3,(H,15,16). The Morgan fingerprint density at radius 2 is 1.78 bits per heavy atom. The van der Waals surface area contributed by atoms with E-state index in [4.69, 9.17) is 5.11 Å². The third-order valence-electron chi connectivity index (χ3n) is 2.79. The van der Waals surface area contributed by atoms with E-state index in [-0.39, 0.29) is 11.7 Å². The van der Waals surface area contributed by atoms with Crippen molar-refractivity contribution < 1.29 is 18.9 Å². The fourth-order valence-corrected chi connectivity index (χ4v) is 2.93. The van der Waals surface area contributed by atoms with Crippen molar-refractivity contribution >= 4 is 22.7 Å². The van der Waals surface area contributed by atoms with Crippen molar-refractivity contribution in [2.45, 2.75) is 45.3 Å². The zero-order valence-corrected chi connectivity index (χ0v) is 12.2. The van der Waals surface area contributed by atoms with Crippen LogP contribution in [-0.2, 0) is 20.4 Å². The molecule has 5 nitrogen and oxygen atoms in total. The summed E-state index contributed by atoms with van der Waals surface area (Å²) in [7, 11) is -1.63. The second kappa shape index (κ2) is 9.08. The van der Waals surface area contributed by atoms with Gasteiger partial charge in [0.25, 0.3) is 0 Å². The molecule has 0 radical (unpaired) electrons. The molecule has 0 spiro atoms. The van der Waals surface area contributed by atoms with Crippen molar-refractivity contribution in [1.82, 2.24) is 4.90 Å². The maximum atomic E-state index is 11.9. The minimum absolute atomic E-state index is 0.192. The molecule has 0 aliphatic carbocycles. The molecular weight excluding hydrogens is 254 g/mol. The third-order valence-corrected chi connectivity index (χ3v) is 4.40. The number of nitrogens with zero attached hydrogens (tertiary/aromatic N) is 1. The molecule has 106 valence electrons. The van der Waals surface area contributed by atoms with Crippen LogP contribution in [0.2, 0.25) is 0 Å². The molecule has 18 heavy (non-hydrogen) atoms. The monoisotopic (exact) mass is 277 g/mol. The number of carbonyl (C=O) groups excluding carboxylic acids is 1. The molecule has 0 aromatic heterocycles. The Bertz CT molecular complexity index is 302. The fourth-order valence-electron chi connectivity index (χ4n) is 1.65. The lowest BCUT2D eigenvalue weighted by molar-refractivity contribution is -0.136. The van der Waals surface area contributed by atoms with Gasteiger partial charge in [-0.1, -0.05) is 19.8 Å². The number of aliphatic carboxylic acids is 1. The molecule has 0 bridgehead atoms. The van der Waals surface area contributed by atoms with E-state index in [9.17, 15) is 13.8 Å². The Morgan fingerprint density at radius 1 is 1.22 bits per heavy atom. The minimum atomic E-state index is -1.63.